The van der Waals surface area contributed by atoms with Crippen LogP contribution in [0, 0.1) is 6.92 Å². The average molecular weight is 337 g/mol. The molecule has 0 aliphatic carbocycles. The first-order chi connectivity index (χ1) is 12.2. The number of oxazole rings is 1. The molecule has 5 nitrogen and oxygen atoms in total. The van der Waals surface area contributed by atoms with Gasteiger partial charge in [-0.3, -0.25) is 0 Å². The fourth-order valence-corrected chi connectivity index (χ4v) is 2.29. The van der Waals surface area contributed by atoms with Crippen molar-refractivity contribution < 1.29 is 18.7 Å². The highest BCUT2D eigenvalue weighted by Crippen LogP contribution is 2.21. The van der Waals surface area contributed by atoms with E-state index < -0.39 is 5.97 Å². The van der Waals surface area contributed by atoms with Gasteiger partial charge >= 0.3 is 5.97 Å². The van der Waals surface area contributed by atoms with E-state index in [-0.39, 0.29) is 12.3 Å². The summed E-state index contributed by atoms with van der Waals surface area (Å²) in [6, 6.07) is 19.0. The van der Waals surface area contributed by atoms with Gasteiger partial charge in [0.25, 0.3) is 0 Å². The Hall–Kier alpha value is -3.08. The van der Waals surface area contributed by atoms with Crippen molar-refractivity contribution in [2.24, 2.45) is 0 Å². The van der Waals surface area contributed by atoms with Gasteiger partial charge in [-0.25, -0.2) is 9.78 Å². The quantitative estimate of drug-likeness (QED) is 0.476. The normalized spacial score (nSPS) is 10.4. The lowest BCUT2D eigenvalue weighted by molar-refractivity contribution is 0.0478. The van der Waals surface area contributed by atoms with Crippen LogP contribution in [0.1, 0.15) is 22.7 Å². The summed E-state index contributed by atoms with van der Waals surface area (Å²) in [6.07, 6.45) is 0.600. The molecule has 0 N–H and O–H groups in total. The molecule has 2 aromatic carbocycles. The third-order valence-electron chi connectivity index (χ3n) is 3.54. The van der Waals surface area contributed by atoms with Crippen LogP contribution in [0.2, 0.25) is 0 Å². The van der Waals surface area contributed by atoms with E-state index in [1.54, 1.807) is 6.92 Å². The van der Waals surface area contributed by atoms with Crippen LogP contribution in [-0.2, 0) is 4.74 Å². The van der Waals surface area contributed by atoms with E-state index in [0.29, 0.717) is 24.7 Å². The number of carbonyl (C=O) groups is 1. The second-order valence-electron chi connectivity index (χ2n) is 5.44. The highest BCUT2D eigenvalue weighted by atomic mass is 16.5. The monoisotopic (exact) mass is 337 g/mol. The number of para-hydroxylation sites is 1. The van der Waals surface area contributed by atoms with Crippen molar-refractivity contribution in [3.63, 3.8) is 0 Å². The second kappa shape index (κ2) is 8.15. The van der Waals surface area contributed by atoms with E-state index in [4.69, 9.17) is 13.9 Å². The molecule has 0 saturated carbocycles. The number of ether oxygens (including phenoxy) is 2. The topological polar surface area (TPSA) is 61.6 Å². The minimum atomic E-state index is -0.483. The fourth-order valence-electron chi connectivity index (χ4n) is 2.29. The Morgan fingerprint density at radius 2 is 1.68 bits per heavy atom. The van der Waals surface area contributed by atoms with Crippen molar-refractivity contribution in [2.75, 3.05) is 13.2 Å². The minimum Gasteiger partial charge on any atom is -0.493 e. The Bertz CT molecular complexity index is 812. The maximum absolute atomic E-state index is 12.2. The maximum Gasteiger partial charge on any atom is 0.360 e. The van der Waals surface area contributed by atoms with Crippen molar-refractivity contribution in [3.05, 3.63) is 72.1 Å². The number of esters is 1. The first-order valence-corrected chi connectivity index (χ1v) is 8.12. The molecule has 3 aromatic rings. The molecule has 3 rings (SSSR count). The van der Waals surface area contributed by atoms with Crippen LogP contribution >= 0.6 is 0 Å². The second-order valence-corrected chi connectivity index (χ2v) is 5.44. The fraction of sp³-hybridized carbons (Fsp3) is 0.200. The van der Waals surface area contributed by atoms with Gasteiger partial charge < -0.3 is 13.9 Å². The Balaban J connectivity index is 1.49. The standard InChI is InChI=1S/C20H19NO4/c1-15-18(21-19(25-15)16-9-4-2-5-10-16)20(22)24-14-8-13-23-17-11-6-3-7-12-17/h2-7,9-12H,8,13-14H2,1H3. The van der Waals surface area contributed by atoms with Crippen molar-refractivity contribution >= 4 is 5.97 Å². The van der Waals surface area contributed by atoms with E-state index in [1.807, 2.05) is 60.7 Å². The van der Waals surface area contributed by atoms with Crippen LogP contribution in [0.4, 0.5) is 0 Å². The molecule has 0 spiro atoms. The summed E-state index contributed by atoms with van der Waals surface area (Å²) in [5.74, 6) is 1.18. The van der Waals surface area contributed by atoms with Crippen LogP contribution < -0.4 is 4.74 Å². The summed E-state index contributed by atoms with van der Waals surface area (Å²) < 4.78 is 16.4. The van der Waals surface area contributed by atoms with E-state index in [9.17, 15) is 4.79 Å². The molecule has 0 radical (unpaired) electrons. The molecule has 0 atom stereocenters. The Morgan fingerprint density at radius 3 is 2.40 bits per heavy atom. The van der Waals surface area contributed by atoms with Gasteiger partial charge in [-0.15, -0.1) is 0 Å². The zero-order chi connectivity index (χ0) is 17.5. The summed E-state index contributed by atoms with van der Waals surface area (Å²) >= 11 is 0. The van der Waals surface area contributed by atoms with Gasteiger partial charge in [0.1, 0.15) is 11.5 Å². The Labute approximate surface area is 146 Å². The van der Waals surface area contributed by atoms with Gasteiger partial charge in [0.15, 0.2) is 5.69 Å². The van der Waals surface area contributed by atoms with Crippen LogP contribution in [0.3, 0.4) is 0 Å². The van der Waals surface area contributed by atoms with Gasteiger partial charge in [0.2, 0.25) is 5.89 Å². The molecule has 0 amide bonds. The number of hydrogen-bond donors (Lipinski definition) is 0. The largest absolute Gasteiger partial charge is 0.493 e. The Kier molecular flexibility index (Phi) is 5.46. The van der Waals surface area contributed by atoms with Gasteiger partial charge in [0.05, 0.1) is 13.2 Å². The van der Waals surface area contributed by atoms with Crippen molar-refractivity contribution in [2.45, 2.75) is 13.3 Å². The summed E-state index contributed by atoms with van der Waals surface area (Å²) in [4.78, 5) is 16.4. The van der Waals surface area contributed by atoms with Gasteiger partial charge in [0, 0.05) is 12.0 Å². The lowest BCUT2D eigenvalue weighted by Crippen LogP contribution is -2.10. The van der Waals surface area contributed by atoms with E-state index in [1.165, 1.54) is 0 Å². The molecule has 0 aliphatic heterocycles. The van der Waals surface area contributed by atoms with Gasteiger partial charge in [-0.05, 0) is 31.2 Å². The lowest BCUT2D eigenvalue weighted by Gasteiger charge is -2.06. The van der Waals surface area contributed by atoms with E-state index in [2.05, 4.69) is 4.98 Å². The predicted octanol–water partition coefficient (Wildman–Crippen LogP) is 4.28. The first kappa shape index (κ1) is 16.8. The first-order valence-electron chi connectivity index (χ1n) is 8.12. The summed E-state index contributed by atoms with van der Waals surface area (Å²) in [5.41, 5.74) is 1.03. The molecule has 25 heavy (non-hydrogen) atoms. The molecule has 0 unspecified atom stereocenters. The van der Waals surface area contributed by atoms with Crippen LogP contribution in [0.5, 0.6) is 5.75 Å². The number of carbonyl (C=O) groups excluding carboxylic acids is 1. The summed E-state index contributed by atoms with van der Waals surface area (Å²) in [6.45, 7) is 2.44. The average Bonchev–Trinajstić information content (AvgIpc) is 3.05. The van der Waals surface area contributed by atoms with Gasteiger partial charge in [-0.2, -0.15) is 0 Å². The molecule has 128 valence electrons. The molecular formula is C20H19NO4. The maximum atomic E-state index is 12.2. The molecule has 0 bridgehead atoms. The molecule has 1 aromatic heterocycles. The third-order valence-corrected chi connectivity index (χ3v) is 3.54. The highest BCUT2D eigenvalue weighted by molar-refractivity contribution is 5.88. The molecule has 1 heterocycles. The number of aromatic nitrogens is 1. The Morgan fingerprint density at radius 1 is 1.00 bits per heavy atom. The predicted molar refractivity (Wildman–Crippen MR) is 93.5 cm³/mol. The number of nitrogens with zero attached hydrogens (tertiary/aromatic N) is 1. The SMILES string of the molecule is Cc1oc(-c2ccccc2)nc1C(=O)OCCCOc1ccccc1. The van der Waals surface area contributed by atoms with E-state index >= 15 is 0 Å². The van der Waals surface area contributed by atoms with Crippen molar-refractivity contribution in [3.8, 4) is 17.2 Å². The number of aryl methyl sites for hydroxylation is 1. The van der Waals surface area contributed by atoms with Crippen molar-refractivity contribution in [1.82, 2.24) is 4.98 Å². The molecule has 5 heteroatoms. The zero-order valence-corrected chi connectivity index (χ0v) is 14.0. The molecule has 0 saturated heterocycles. The number of rotatable bonds is 7. The van der Waals surface area contributed by atoms with Crippen LogP contribution in [0.25, 0.3) is 11.5 Å². The van der Waals surface area contributed by atoms with Crippen molar-refractivity contribution in [1.29, 1.82) is 0 Å². The summed E-state index contributed by atoms with van der Waals surface area (Å²) in [5, 5.41) is 0. The highest BCUT2D eigenvalue weighted by Gasteiger charge is 2.19. The number of benzene rings is 2. The third kappa shape index (κ3) is 4.47. The summed E-state index contributed by atoms with van der Waals surface area (Å²) in [7, 11) is 0. The van der Waals surface area contributed by atoms with E-state index in [0.717, 1.165) is 11.3 Å². The van der Waals surface area contributed by atoms with Crippen LogP contribution in [0.15, 0.2) is 65.1 Å². The number of hydrogen-bond acceptors (Lipinski definition) is 5. The minimum absolute atomic E-state index is 0.211. The molecule has 0 aliphatic rings. The zero-order valence-electron chi connectivity index (χ0n) is 14.0. The van der Waals surface area contributed by atoms with Gasteiger partial charge in [-0.1, -0.05) is 36.4 Å². The van der Waals surface area contributed by atoms with Crippen LogP contribution in [-0.4, -0.2) is 24.2 Å². The molecular weight excluding hydrogens is 318 g/mol. The smallest absolute Gasteiger partial charge is 0.360 e. The lowest BCUT2D eigenvalue weighted by atomic mass is 10.2. The molecule has 0 fully saturated rings.